The fourth-order valence-corrected chi connectivity index (χ4v) is 5.18. The molecule has 2 aliphatic heterocycles. The molecule has 0 radical (unpaired) electrons. The van der Waals surface area contributed by atoms with Gasteiger partial charge in [-0.15, -0.1) is 0 Å². The summed E-state index contributed by atoms with van der Waals surface area (Å²) in [6.07, 6.45) is 0.510. The van der Waals surface area contributed by atoms with E-state index in [1.165, 1.54) is 42.6 Å². The van der Waals surface area contributed by atoms with Crippen LogP contribution in [0, 0.1) is 0 Å². The van der Waals surface area contributed by atoms with Crippen molar-refractivity contribution in [1.29, 1.82) is 0 Å². The van der Waals surface area contributed by atoms with Gasteiger partial charge in [-0.3, -0.25) is 9.69 Å². The van der Waals surface area contributed by atoms with Gasteiger partial charge in [0.25, 0.3) is 5.91 Å². The Kier molecular flexibility index (Phi) is 4.81. The normalized spacial score (nSPS) is 20.4. The first-order valence-electron chi connectivity index (χ1n) is 8.47. The fraction of sp³-hybridized carbons (Fsp3) is 0.529. The molecule has 27 heavy (non-hydrogen) atoms. The highest BCUT2D eigenvalue weighted by Gasteiger charge is 2.56. The number of urea groups is 1. The van der Waals surface area contributed by atoms with E-state index in [4.69, 9.17) is 9.47 Å². The molecule has 2 saturated heterocycles. The number of hydrogen-bond acceptors (Lipinski definition) is 6. The zero-order valence-electron chi connectivity index (χ0n) is 15.8. The molecule has 0 atom stereocenters. The SMILES string of the molecule is COc1ccc(S(=O)(=O)N2CCC3(CC2)C(=O)N(C)C(=O)N3C)cc1OC. The molecule has 3 rings (SSSR count). The Labute approximate surface area is 158 Å². The van der Waals surface area contributed by atoms with Crippen LogP contribution >= 0.6 is 0 Å². The highest BCUT2D eigenvalue weighted by atomic mass is 32.2. The van der Waals surface area contributed by atoms with Crippen molar-refractivity contribution in [3.05, 3.63) is 18.2 Å². The molecular formula is C17H23N3O6S. The average Bonchev–Trinajstić information content (AvgIpc) is 2.84. The maximum Gasteiger partial charge on any atom is 0.327 e. The van der Waals surface area contributed by atoms with Crippen molar-refractivity contribution in [3.63, 3.8) is 0 Å². The molecule has 1 aromatic rings. The fourth-order valence-electron chi connectivity index (χ4n) is 3.72. The van der Waals surface area contributed by atoms with Crippen LogP contribution in [0.2, 0.25) is 0 Å². The number of rotatable bonds is 4. The number of benzene rings is 1. The summed E-state index contributed by atoms with van der Waals surface area (Å²) in [5.41, 5.74) is -0.963. The van der Waals surface area contributed by atoms with Crippen LogP contribution in [0.5, 0.6) is 11.5 Å². The average molecular weight is 397 g/mol. The van der Waals surface area contributed by atoms with Gasteiger partial charge < -0.3 is 14.4 Å². The highest BCUT2D eigenvalue weighted by molar-refractivity contribution is 7.89. The minimum absolute atomic E-state index is 0.0930. The summed E-state index contributed by atoms with van der Waals surface area (Å²) in [6, 6.07) is 4.06. The molecular weight excluding hydrogens is 374 g/mol. The molecule has 0 unspecified atom stereocenters. The Morgan fingerprint density at radius 1 is 1.00 bits per heavy atom. The molecule has 2 heterocycles. The first-order chi connectivity index (χ1) is 12.7. The van der Waals surface area contributed by atoms with E-state index in [0.717, 1.165) is 4.90 Å². The molecule has 0 N–H and O–H groups in total. The smallest absolute Gasteiger partial charge is 0.327 e. The molecule has 3 amide bonds. The number of ether oxygens (including phenoxy) is 2. The van der Waals surface area contributed by atoms with E-state index in [1.807, 2.05) is 0 Å². The van der Waals surface area contributed by atoms with Gasteiger partial charge in [-0.2, -0.15) is 4.31 Å². The number of hydrogen-bond donors (Lipinski definition) is 0. The highest BCUT2D eigenvalue weighted by Crippen LogP contribution is 2.37. The first-order valence-corrected chi connectivity index (χ1v) is 9.91. The molecule has 0 saturated carbocycles. The number of nitrogens with zero attached hydrogens (tertiary/aromatic N) is 3. The third kappa shape index (κ3) is 2.83. The maximum atomic E-state index is 13.0. The van der Waals surface area contributed by atoms with Crippen LogP contribution in [0.15, 0.2) is 23.1 Å². The molecule has 1 aromatic carbocycles. The predicted octanol–water partition coefficient (Wildman–Crippen LogP) is 0.751. The van der Waals surface area contributed by atoms with E-state index in [1.54, 1.807) is 13.1 Å². The van der Waals surface area contributed by atoms with E-state index in [2.05, 4.69) is 0 Å². The van der Waals surface area contributed by atoms with Gasteiger partial charge in [-0.05, 0) is 25.0 Å². The van der Waals surface area contributed by atoms with Crippen molar-refractivity contribution >= 4 is 22.0 Å². The minimum Gasteiger partial charge on any atom is -0.493 e. The standard InChI is InChI=1S/C17H23N3O6S/c1-18-15(21)17(19(2)16(18)22)7-9-20(10-8-17)27(23,24)12-5-6-13(25-3)14(11-12)26-4/h5-6,11H,7-10H2,1-4H3. The second kappa shape index (κ2) is 6.68. The van der Waals surface area contributed by atoms with E-state index >= 15 is 0 Å². The molecule has 0 aromatic heterocycles. The topological polar surface area (TPSA) is 96.5 Å². The van der Waals surface area contributed by atoms with Gasteiger partial charge in [0.2, 0.25) is 10.0 Å². The number of carbonyl (C=O) groups excluding carboxylic acids is 2. The number of amides is 3. The van der Waals surface area contributed by atoms with Crippen LogP contribution in [-0.4, -0.2) is 81.4 Å². The van der Waals surface area contributed by atoms with E-state index in [9.17, 15) is 18.0 Å². The number of piperidine rings is 1. The molecule has 0 aliphatic carbocycles. The van der Waals surface area contributed by atoms with Gasteiger partial charge in [-0.25, -0.2) is 13.2 Å². The summed E-state index contributed by atoms with van der Waals surface area (Å²) in [4.78, 5) is 27.3. The van der Waals surface area contributed by atoms with Crippen molar-refractivity contribution in [1.82, 2.24) is 14.1 Å². The predicted molar refractivity (Wildman–Crippen MR) is 96.2 cm³/mol. The zero-order valence-corrected chi connectivity index (χ0v) is 16.6. The Morgan fingerprint density at radius 3 is 2.07 bits per heavy atom. The molecule has 10 heteroatoms. The number of carbonyl (C=O) groups is 2. The number of imide groups is 1. The second-order valence-electron chi connectivity index (χ2n) is 6.66. The number of sulfonamides is 1. The lowest BCUT2D eigenvalue weighted by atomic mass is 9.87. The second-order valence-corrected chi connectivity index (χ2v) is 8.60. The summed E-state index contributed by atoms with van der Waals surface area (Å²) in [6.45, 7) is 0.293. The lowest BCUT2D eigenvalue weighted by Crippen LogP contribution is -2.56. The van der Waals surface area contributed by atoms with Gasteiger partial charge in [0, 0.05) is 33.3 Å². The number of methoxy groups -OCH3 is 2. The Hall–Kier alpha value is -2.33. The van der Waals surface area contributed by atoms with Crippen molar-refractivity contribution in [2.24, 2.45) is 0 Å². The van der Waals surface area contributed by atoms with Crippen LogP contribution in [0.3, 0.4) is 0 Å². The molecule has 9 nitrogen and oxygen atoms in total. The Morgan fingerprint density at radius 2 is 1.59 bits per heavy atom. The summed E-state index contributed by atoms with van der Waals surface area (Å²) in [5, 5.41) is 0. The van der Waals surface area contributed by atoms with Crippen molar-refractivity contribution < 1.29 is 27.5 Å². The van der Waals surface area contributed by atoms with E-state index < -0.39 is 15.6 Å². The molecule has 2 aliphatic rings. The monoisotopic (exact) mass is 397 g/mol. The molecule has 0 bridgehead atoms. The quantitative estimate of drug-likeness (QED) is 0.696. The van der Waals surface area contributed by atoms with Gasteiger partial charge in [0.1, 0.15) is 5.54 Å². The lowest BCUT2D eigenvalue weighted by Gasteiger charge is -2.40. The van der Waals surface area contributed by atoms with Crippen LogP contribution in [-0.2, 0) is 14.8 Å². The van der Waals surface area contributed by atoms with Gasteiger partial charge in [-0.1, -0.05) is 0 Å². The van der Waals surface area contributed by atoms with Gasteiger partial charge in [0.15, 0.2) is 11.5 Å². The Balaban J connectivity index is 1.84. The first kappa shape index (κ1) is 19.4. The van der Waals surface area contributed by atoms with Gasteiger partial charge >= 0.3 is 6.03 Å². The third-order valence-electron chi connectivity index (χ3n) is 5.46. The summed E-state index contributed by atoms with van der Waals surface area (Å²) >= 11 is 0. The van der Waals surface area contributed by atoms with Crippen LogP contribution in [0.4, 0.5) is 4.79 Å². The van der Waals surface area contributed by atoms with Crippen molar-refractivity contribution in [2.75, 3.05) is 41.4 Å². The molecule has 1 spiro atoms. The largest absolute Gasteiger partial charge is 0.493 e. The lowest BCUT2D eigenvalue weighted by molar-refractivity contribution is -0.133. The Bertz CT molecular complexity index is 877. The van der Waals surface area contributed by atoms with Crippen molar-refractivity contribution in [3.8, 4) is 11.5 Å². The molecule has 148 valence electrons. The van der Waals surface area contributed by atoms with E-state index in [0.29, 0.717) is 11.5 Å². The van der Waals surface area contributed by atoms with Crippen LogP contribution in [0.25, 0.3) is 0 Å². The summed E-state index contributed by atoms with van der Waals surface area (Å²) in [5.74, 6) is 0.483. The third-order valence-corrected chi connectivity index (χ3v) is 7.36. The van der Waals surface area contributed by atoms with Crippen molar-refractivity contribution in [2.45, 2.75) is 23.3 Å². The summed E-state index contributed by atoms with van der Waals surface area (Å²) in [7, 11) is 2.19. The van der Waals surface area contributed by atoms with E-state index in [-0.39, 0.29) is 42.8 Å². The minimum atomic E-state index is -3.76. The molecule has 2 fully saturated rings. The van der Waals surface area contributed by atoms with Gasteiger partial charge in [0.05, 0.1) is 19.1 Å². The summed E-state index contributed by atoms with van der Waals surface area (Å²) < 4.78 is 37.7. The maximum absolute atomic E-state index is 13.0. The zero-order chi connectivity index (χ0) is 20.0. The van der Waals surface area contributed by atoms with Crippen LogP contribution < -0.4 is 9.47 Å². The van der Waals surface area contributed by atoms with Crippen LogP contribution in [0.1, 0.15) is 12.8 Å². The number of likely N-dealkylation sites (N-methyl/N-ethyl adjacent to an activating group) is 2.